The zero-order valence-electron chi connectivity index (χ0n) is 11.0. The summed E-state index contributed by atoms with van der Waals surface area (Å²) in [7, 11) is 3.15. The minimum Gasteiger partial charge on any atom is -0.493 e. The van der Waals surface area contributed by atoms with Gasteiger partial charge in [-0.3, -0.25) is 0 Å². The highest BCUT2D eigenvalue weighted by atomic mass is 32.1. The van der Waals surface area contributed by atoms with Crippen molar-refractivity contribution in [2.75, 3.05) is 14.2 Å². The Morgan fingerprint density at radius 2 is 2.05 bits per heavy atom. The average Bonchev–Trinajstić information content (AvgIpc) is 2.93. The van der Waals surface area contributed by atoms with Crippen LogP contribution in [0.3, 0.4) is 0 Å². The van der Waals surface area contributed by atoms with Gasteiger partial charge in [0.1, 0.15) is 5.01 Å². The number of carbonyl (C=O) groups is 1. The fourth-order valence-electron chi connectivity index (χ4n) is 1.62. The van der Waals surface area contributed by atoms with Crippen LogP contribution in [0, 0.1) is 0 Å². The maximum atomic E-state index is 10.5. The second-order valence-corrected chi connectivity index (χ2v) is 4.68. The molecule has 5 nitrogen and oxygen atoms in total. The van der Waals surface area contributed by atoms with Gasteiger partial charge in [0.15, 0.2) is 11.5 Å². The number of carboxylic acids is 1. The highest BCUT2D eigenvalue weighted by Crippen LogP contribution is 2.33. The van der Waals surface area contributed by atoms with Crippen LogP contribution in [0.4, 0.5) is 0 Å². The van der Waals surface area contributed by atoms with Crippen LogP contribution in [0.2, 0.25) is 0 Å². The van der Waals surface area contributed by atoms with E-state index in [1.807, 2.05) is 18.2 Å². The molecule has 0 aliphatic carbocycles. The summed E-state index contributed by atoms with van der Waals surface area (Å²) < 4.78 is 10.4. The molecule has 0 spiro atoms. The van der Waals surface area contributed by atoms with E-state index in [0.717, 1.165) is 16.6 Å². The summed E-state index contributed by atoms with van der Waals surface area (Å²) >= 11 is 1.44. The number of aliphatic carboxylic acids is 1. The molecule has 1 N–H and O–H groups in total. The summed E-state index contributed by atoms with van der Waals surface area (Å²) in [6, 6.07) is 5.52. The molecule has 0 amide bonds. The Labute approximate surface area is 120 Å². The molecule has 20 heavy (non-hydrogen) atoms. The maximum absolute atomic E-state index is 10.5. The molecular formula is C14H13NO4S. The van der Waals surface area contributed by atoms with Gasteiger partial charge in [0.05, 0.1) is 19.9 Å². The van der Waals surface area contributed by atoms with Gasteiger partial charge in [-0.2, -0.15) is 0 Å². The third-order valence-electron chi connectivity index (χ3n) is 2.55. The first-order chi connectivity index (χ1) is 9.63. The van der Waals surface area contributed by atoms with Crippen molar-refractivity contribution in [1.29, 1.82) is 0 Å². The van der Waals surface area contributed by atoms with Crippen molar-refractivity contribution in [3.05, 3.63) is 35.3 Å². The SMILES string of the molecule is COc1ccc(-c2nc(/C=C/C(=O)O)cs2)cc1OC. The second-order valence-electron chi connectivity index (χ2n) is 3.82. The zero-order valence-corrected chi connectivity index (χ0v) is 11.8. The van der Waals surface area contributed by atoms with E-state index in [1.54, 1.807) is 19.6 Å². The lowest BCUT2D eigenvalue weighted by molar-refractivity contribution is -0.131. The van der Waals surface area contributed by atoms with Gasteiger partial charge < -0.3 is 14.6 Å². The molecule has 2 aromatic rings. The molecule has 0 atom stereocenters. The molecule has 0 saturated carbocycles. The molecular weight excluding hydrogens is 278 g/mol. The van der Waals surface area contributed by atoms with Crippen molar-refractivity contribution >= 4 is 23.4 Å². The number of benzene rings is 1. The van der Waals surface area contributed by atoms with Crippen LogP contribution in [-0.2, 0) is 4.79 Å². The Balaban J connectivity index is 2.30. The van der Waals surface area contributed by atoms with Gasteiger partial charge in [-0.25, -0.2) is 9.78 Å². The third-order valence-corrected chi connectivity index (χ3v) is 3.46. The summed E-state index contributed by atoms with van der Waals surface area (Å²) in [6.07, 6.45) is 2.52. The Morgan fingerprint density at radius 1 is 1.30 bits per heavy atom. The fraction of sp³-hybridized carbons (Fsp3) is 0.143. The smallest absolute Gasteiger partial charge is 0.328 e. The first kappa shape index (κ1) is 14.1. The van der Waals surface area contributed by atoms with Gasteiger partial charge in [0, 0.05) is 17.0 Å². The van der Waals surface area contributed by atoms with Gasteiger partial charge >= 0.3 is 5.97 Å². The topological polar surface area (TPSA) is 68.7 Å². The highest BCUT2D eigenvalue weighted by molar-refractivity contribution is 7.13. The molecule has 0 bridgehead atoms. The number of ether oxygens (including phenoxy) is 2. The molecule has 0 aliphatic heterocycles. The summed E-state index contributed by atoms with van der Waals surface area (Å²) in [5.74, 6) is 0.285. The van der Waals surface area contributed by atoms with Crippen molar-refractivity contribution in [3.8, 4) is 22.1 Å². The van der Waals surface area contributed by atoms with E-state index in [9.17, 15) is 4.79 Å². The lowest BCUT2D eigenvalue weighted by atomic mass is 10.2. The molecule has 1 aromatic carbocycles. The first-order valence-electron chi connectivity index (χ1n) is 5.73. The third kappa shape index (κ3) is 3.16. The van der Waals surface area contributed by atoms with Gasteiger partial charge in [0.25, 0.3) is 0 Å². The largest absolute Gasteiger partial charge is 0.493 e. The van der Waals surface area contributed by atoms with Crippen LogP contribution in [0.1, 0.15) is 5.69 Å². The number of hydrogen-bond acceptors (Lipinski definition) is 5. The first-order valence-corrected chi connectivity index (χ1v) is 6.61. The maximum Gasteiger partial charge on any atom is 0.328 e. The average molecular weight is 291 g/mol. The van der Waals surface area contributed by atoms with E-state index in [4.69, 9.17) is 14.6 Å². The van der Waals surface area contributed by atoms with E-state index in [-0.39, 0.29) is 0 Å². The van der Waals surface area contributed by atoms with Crippen molar-refractivity contribution < 1.29 is 19.4 Å². The Morgan fingerprint density at radius 3 is 2.70 bits per heavy atom. The lowest BCUT2D eigenvalue weighted by Crippen LogP contribution is -1.90. The minimum absolute atomic E-state index is 0.613. The van der Waals surface area contributed by atoms with Crippen LogP contribution in [0.25, 0.3) is 16.6 Å². The van der Waals surface area contributed by atoms with Gasteiger partial charge in [-0.15, -0.1) is 11.3 Å². The predicted octanol–water partition coefficient (Wildman–Crippen LogP) is 2.93. The molecule has 0 unspecified atom stereocenters. The molecule has 1 heterocycles. The van der Waals surface area contributed by atoms with Gasteiger partial charge in [0.2, 0.25) is 0 Å². The molecule has 2 rings (SSSR count). The fourth-order valence-corrected chi connectivity index (χ4v) is 2.41. The highest BCUT2D eigenvalue weighted by Gasteiger charge is 2.08. The molecule has 6 heteroatoms. The standard InChI is InChI=1S/C14H13NO4S/c1-18-11-5-3-9(7-12(11)19-2)14-15-10(8-20-14)4-6-13(16)17/h3-8H,1-2H3,(H,16,17)/b6-4+. The summed E-state index contributed by atoms with van der Waals surface area (Å²) in [6.45, 7) is 0. The van der Waals surface area contributed by atoms with E-state index in [2.05, 4.69) is 4.98 Å². The summed E-state index contributed by atoms with van der Waals surface area (Å²) in [5, 5.41) is 11.2. The number of thiazole rings is 1. The quantitative estimate of drug-likeness (QED) is 0.858. The van der Waals surface area contributed by atoms with E-state index in [0.29, 0.717) is 17.2 Å². The molecule has 0 fully saturated rings. The molecule has 0 saturated heterocycles. The lowest BCUT2D eigenvalue weighted by Gasteiger charge is -2.08. The van der Waals surface area contributed by atoms with Gasteiger partial charge in [-0.05, 0) is 24.3 Å². The Kier molecular flexibility index (Phi) is 4.37. The van der Waals surface area contributed by atoms with Crippen molar-refractivity contribution in [2.24, 2.45) is 0 Å². The second kappa shape index (κ2) is 6.21. The van der Waals surface area contributed by atoms with E-state index >= 15 is 0 Å². The monoisotopic (exact) mass is 291 g/mol. The summed E-state index contributed by atoms with van der Waals surface area (Å²) in [5.41, 5.74) is 1.50. The van der Waals surface area contributed by atoms with Crippen LogP contribution >= 0.6 is 11.3 Å². The van der Waals surface area contributed by atoms with Crippen LogP contribution in [0.15, 0.2) is 29.7 Å². The molecule has 1 aromatic heterocycles. The molecule has 104 valence electrons. The number of rotatable bonds is 5. The molecule has 0 aliphatic rings. The van der Waals surface area contributed by atoms with Crippen molar-refractivity contribution in [2.45, 2.75) is 0 Å². The number of nitrogens with zero attached hydrogens (tertiary/aromatic N) is 1. The van der Waals surface area contributed by atoms with Crippen LogP contribution in [0.5, 0.6) is 11.5 Å². The van der Waals surface area contributed by atoms with E-state index in [1.165, 1.54) is 17.4 Å². The van der Waals surface area contributed by atoms with Crippen molar-refractivity contribution in [1.82, 2.24) is 4.98 Å². The number of carboxylic acid groups (broad SMARTS) is 1. The number of hydrogen-bond donors (Lipinski definition) is 1. The minimum atomic E-state index is -0.995. The van der Waals surface area contributed by atoms with Gasteiger partial charge in [-0.1, -0.05) is 0 Å². The predicted molar refractivity (Wildman–Crippen MR) is 77.3 cm³/mol. The van der Waals surface area contributed by atoms with Crippen molar-refractivity contribution in [3.63, 3.8) is 0 Å². The Bertz CT molecular complexity index is 648. The summed E-state index contributed by atoms with van der Waals surface area (Å²) in [4.78, 5) is 14.8. The number of methoxy groups -OCH3 is 2. The number of aromatic nitrogens is 1. The van der Waals surface area contributed by atoms with E-state index < -0.39 is 5.97 Å². The normalized spacial score (nSPS) is 10.7. The molecule has 0 radical (unpaired) electrons. The van der Waals surface area contributed by atoms with Crippen LogP contribution < -0.4 is 9.47 Å². The zero-order chi connectivity index (χ0) is 14.5. The Hall–Kier alpha value is -2.34. The van der Waals surface area contributed by atoms with Crippen LogP contribution in [-0.4, -0.2) is 30.3 Å².